The van der Waals surface area contributed by atoms with Gasteiger partial charge in [0.25, 0.3) is 0 Å². The molecule has 0 aliphatic carbocycles. The lowest BCUT2D eigenvalue weighted by molar-refractivity contribution is -0.114. The lowest BCUT2D eigenvalue weighted by Crippen LogP contribution is -2.14. The number of benzene rings is 2. The van der Waals surface area contributed by atoms with Gasteiger partial charge in [-0.15, -0.1) is 0 Å². The molecular formula is C14H11BrFNO4S. The van der Waals surface area contributed by atoms with Gasteiger partial charge in [0.1, 0.15) is 10.7 Å². The Hall–Kier alpha value is -1.93. The van der Waals surface area contributed by atoms with E-state index in [0.29, 0.717) is 4.47 Å². The first-order valence-corrected chi connectivity index (χ1v) is 8.26. The first-order chi connectivity index (χ1) is 10.3. The summed E-state index contributed by atoms with van der Waals surface area (Å²) in [6.07, 6.45) is 0. The van der Waals surface area contributed by atoms with Crippen molar-refractivity contribution in [1.82, 2.24) is 0 Å². The fraction of sp³-hybridized carbons (Fsp3) is 0.0714. The van der Waals surface area contributed by atoms with Gasteiger partial charge in [0.2, 0.25) is 5.91 Å². The first-order valence-electron chi connectivity index (χ1n) is 6.06. The van der Waals surface area contributed by atoms with E-state index in [1.54, 1.807) is 6.07 Å². The van der Waals surface area contributed by atoms with Gasteiger partial charge in [0, 0.05) is 11.4 Å². The van der Waals surface area contributed by atoms with E-state index in [0.717, 1.165) is 12.1 Å². The van der Waals surface area contributed by atoms with Gasteiger partial charge in [-0.3, -0.25) is 4.79 Å². The summed E-state index contributed by atoms with van der Waals surface area (Å²) in [7, 11) is -4.38. The number of hydrogen-bond donors (Lipinski definition) is 1. The molecule has 0 unspecified atom stereocenters. The van der Waals surface area contributed by atoms with Gasteiger partial charge >= 0.3 is 10.1 Å². The van der Waals surface area contributed by atoms with Crippen molar-refractivity contribution < 1.29 is 21.8 Å². The molecule has 0 fully saturated rings. The van der Waals surface area contributed by atoms with Crippen LogP contribution < -0.4 is 9.50 Å². The molecule has 2 aromatic carbocycles. The Morgan fingerprint density at radius 3 is 2.59 bits per heavy atom. The van der Waals surface area contributed by atoms with E-state index in [9.17, 15) is 17.6 Å². The number of para-hydroxylation sites is 2. The standard InChI is InChI=1S/C14H11BrFNO4S/c1-9(18)17-12-4-2-3-5-13(12)21-22(19,20)14-8-10(15)6-7-11(14)16/h2-8H,1H3,(H,17,18). The highest BCUT2D eigenvalue weighted by atomic mass is 79.9. The fourth-order valence-electron chi connectivity index (χ4n) is 1.66. The van der Waals surface area contributed by atoms with Gasteiger partial charge in [0.15, 0.2) is 5.75 Å². The monoisotopic (exact) mass is 387 g/mol. The second-order valence-electron chi connectivity index (χ2n) is 4.29. The topological polar surface area (TPSA) is 72.5 Å². The van der Waals surface area contributed by atoms with Gasteiger partial charge in [-0.25, -0.2) is 4.39 Å². The molecule has 0 aromatic heterocycles. The number of halogens is 2. The van der Waals surface area contributed by atoms with Crippen molar-refractivity contribution in [3.63, 3.8) is 0 Å². The van der Waals surface area contributed by atoms with E-state index in [1.165, 1.54) is 31.2 Å². The molecule has 0 bridgehead atoms. The van der Waals surface area contributed by atoms with Crippen LogP contribution in [0.2, 0.25) is 0 Å². The quantitative estimate of drug-likeness (QED) is 0.816. The Morgan fingerprint density at radius 2 is 1.91 bits per heavy atom. The smallest absolute Gasteiger partial charge is 0.342 e. The molecule has 0 aliphatic heterocycles. The number of nitrogens with one attached hydrogen (secondary N) is 1. The maximum Gasteiger partial charge on any atom is 0.342 e. The van der Waals surface area contributed by atoms with Crippen LogP contribution in [0.4, 0.5) is 10.1 Å². The van der Waals surface area contributed by atoms with Crippen LogP contribution in [0.25, 0.3) is 0 Å². The van der Waals surface area contributed by atoms with Gasteiger partial charge in [-0.05, 0) is 30.3 Å². The first kappa shape index (κ1) is 16.4. The minimum absolute atomic E-state index is 0.0999. The van der Waals surface area contributed by atoms with E-state index in [1.807, 2.05) is 0 Å². The van der Waals surface area contributed by atoms with Crippen molar-refractivity contribution in [2.24, 2.45) is 0 Å². The van der Waals surface area contributed by atoms with Crippen LogP contribution in [0.5, 0.6) is 5.75 Å². The number of rotatable bonds is 4. The highest BCUT2D eigenvalue weighted by Gasteiger charge is 2.23. The zero-order chi connectivity index (χ0) is 16.3. The van der Waals surface area contributed by atoms with Crippen LogP contribution in [-0.2, 0) is 14.9 Å². The molecule has 0 saturated heterocycles. The van der Waals surface area contributed by atoms with Crippen LogP contribution in [0.3, 0.4) is 0 Å². The second-order valence-corrected chi connectivity index (χ2v) is 6.72. The molecule has 22 heavy (non-hydrogen) atoms. The van der Waals surface area contributed by atoms with Gasteiger partial charge in [-0.2, -0.15) is 8.42 Å². The van der Waals surface area contributed by atoms with Gasteiger partial charge in [0.05, 0.1) is 5.69 Å². The molecule has 116 valence electrons. The van der Waals surface area contributed by atoms with E-state index in [4.69, 9.17) is 4.18 Å². The normalized spacial score (nSPS) is 11.0. The Bertz CT molecular complexity index is 823. The summed E-state index contributed by atoms with van der Waals surface area (Å²) in [4.78, 5) is 10.5. The van der Waals surface area contributed by atoms with Crippen molar-refractivity contribution >= 4 is 37.6 Å². The van der Waals surface area contributed by atoms with Crippen molar-refractivity contribution in [3.05, 3.63) is 52.8 Å². The van der Waals surface area contributed by atoms with E-state index in [2.05, 4.69) is 21.2 Å². The number of amides is 1. The molecule has 0 spiro atoms. The summed E-state index contributed by atoms with van der Waals surface area (Å²) in [5.74, 6) is -1.42. The largest absolute Gasteiger partial charge is 0.377 e. The van der Waals surface area contributed by atoms with Crippen LogP contribution in [0.15, 0.2) is 51.8 Å². The van der Waals surface area contributed by atoms with E-state index in [-0.39, 0.29) is 17.3 Å². The molecule has 0 aliphatic rings. The maximum absolute atomic E-state index is 13.7. The SMILES string of the molecule is CC(=O)Nc1ccccc1OS(=O)(=O)c1cc(Br)ccc1F. The molecule has 0 radical (unpaired) electrons. The molecule has 8 heteroatoms. The Balaban J connectivity index is 2.41. The molecule has 2 aromatic rings. The van der Waals surface area contributed by atoms with Crippen molar-refractivity contribution in [2.75, 3.05) is 5.32 Å². The molecule has 1 amide bonds. The molecule has 0 heterocycles. The lowest BCUT2D eigenvalue weighted by Gasteiger charge is -2.12. The third-order valence-corrected chi connectivity index (χ3v) is 4.30. The third-order valence-electron chi connectivity index (χ3n) is 2.56. The minimum Gasteiger partial charge on any atom is -0.377 e. The maximum atomic E-state index is 13.7. The van der Waals surface area contributed by atoms with Crippen molar-refractivity contribution in [3.8, 4) is 5.75 Å². The Labute approximate surface area is 135 Å². The molecule has 0 saturated carbocycles. The number of carbonyl (C=O) groups is 1. The Morgan fingerprint density at radius 1 is 1.23 bits per heavy atom. The zero-order valence-corrected chi connectivity index (χ0v) is 13.7. The van der Waals surface area contributed by atoms with Gasteiger partial charge < -0.3 is 9.50 Å². The summed E-state index contributed by atoms with van der Waals surface area (Å²) in [5, 5.41) is 2.44. The Kier molecular flexibility index (Phi) is 4.82. The fourth-order valence-corrected chi connectivity index (χ4v) is 3.23. The minimum atomic E-state index is -4.38. The summed E-state index contributed by atoms with van der Waals surface area (Å²) >= 11 is 3.08. The molecule has 5 nitrogen and oxygen atoms in total. The van der Waals surface area contributed by atoms with Crippen LogP contribution in [-0.4, -0.2) is 14.3 Å². The summed E-state index contributed by atoms with van der Waals surface area (Å²) in [6.45, 7) is 1.28. The number of anilines is 1. The molecule has 1 N–H and O–H groups in total. The molecule has 2 rings (SSSR count). The highest BCUT2D eigenvalue weighted by molar-refractivity contribution is 9.10. The van der Waals surface area contributed by atoms with E-state index < -0.39 is 20.8 Å². The predicted molar refractivity (Wildman–Crippen MR) is 82.7 cm³/mol. The summed E-state index contributed by atoms with van der Waals surface area (Å²) in [5.41, 5.74) is 0.175. The van der Waals surface area contributed by atoms with Crippen molar-refractivity contribution in [1.29, 1.82) is 0 Å². The van der Waals surface area contributed by atoms with E-state index >= 15 is 0 Å². The number of carbonyl (C=O) groups excluding carboxylic acids is 1. The molecule has 0 atom stereocenters. The second kappa shape index (κ2) is 6.45. The lowest BCUT2D eigenvalue weighted by atomic mass is 10.3. The van der Waals surface area contributed by atoms with Crippen LogP contribution >= 0.6 is 15.9 Å². The van der Waals surface area contributed by atoms with Crippen LogP contribution in [0, 0.1) is 5.82 Å². The summed E-state index contributed by atoms with van der Waals surface area (Å²) < 4.78 is 43.5. The molecular weight excluding hydrogens is 377 g/mol. The zero-order valence-electron chi connectivity index (χ0n) is 11.3. The van der Waals surface area contributed by atoms with Crippen molar-refractivity contribution in [2.45, 2.75) is 11.8 Å². The highest BCUT2D eigenvalue weighted by Crippen LogP contribution is 2.29. The summed E-state index contributed by atoms with van der Waals surface area (Å²) in [6, 6.07) is 9.46. The van der Waals surface area contributed by atoms with Gasteiger partial charge in [-0.1, -0.05) is 28.1 Å². The third kappa shape index (κ3) is 3.83. The number of hydrogen-bond acceptors (Lipinski definition) is 4. The predicted octanol–water partition coefficient (Wildman–Crippen LogP) is 3.31. The average molecular weight is 388 g/mol. The van der Waals surface area contributed by atoms with Crippen LogP contribution in [0.1, 0.15) is 6.92 Å². The average Bonchev–Trinajstić information content (AvgIpc) is 2.43.